The minimum Gasteiger partial charge on any atom is -0.364 e. The molecular formula is C20H26N6OS. The Kier molecular flexibility index (Phi) is 5.32. The number of nitrogens with zero attached hydrogens (tertiary/aromatic N) is 5. The van der Waals surface area contributed by atoms with E-state index in [4.69, 9.17) is 5.73 Å². The number of aromatic nitrogens is 3. The van der Waals surface area contributed by atoms with Crippen LogP contribution in [0.25, 0.3) is 10.9 Å². The van der Waals surface area contributed by atoms with Gasteiger partial charge in [-0.1, -0.05) is 12.1 Å². The highest BCUT2D eigenvalue weighted by molar-refractivity contribution is 7.11. The van der Waals surface area contributed by atoms with Gasteiger partial charge < -0.3 is 20.1 Å². The lowest BCUT2D eigenvalue weighted by Crippen LogP contribution is -2.33. The molecule has 0 bridgehead atoms. The Hall–Kier alpha value is -2.45. The van der Waals surface area contributed by atoms with E-state index < -0.39 is 5.91 Å². The lowest BCUT2D eigenvalue weighted by Gasteiger charge is -2.32. The van der Waals surface area contributed by atoms with E-state index in [9.17, 15) is 4.79 Å². The molecule has 1 aliphatic rings. The van der Waals surface area contributed by atoms with Crippen molar-refractivity contribution >= 4 is 33.3 Å². The average Bonchev–Trinajstić information content (AvgIpc) is 3.31. The molecule has 2 N–H and O–H groups in total. The van der Waals surface area contributed by atoms with E-state index in [2.05, 4.69) is 41.9 Å². The Morgan fingerprint density at radius 2 is 2.04 bits per heavy atom. The maximum Gasteiger partial charge on any atom is 0.268 e. The van der Waals surface area contributed by atoms with E-state index in [0.29, 0.717) is 11.6 Å². The number of hydrogen-bond donors (Lipinski definition) is 1. The van der Waals surface area contributed by atoms with Crippen LogP contribution in [0.2, 0.25) is 0 Å². The number of benzene rings is 1. The number of anilines is 1. The molecule has 4 rings (SSSR count). The normalized spacial score (nSPS) is 15.6. The average molecular weight is 399 g/mol. The van der Waals surface area contributed by atoms with Crippen LogP contribution in [-0.4, -0.2) is 58.5 Å². The van der Waals surface area contributed by atoms with Crippen molar-refractivity contribution in [2.75, 3.05) is 38.6 Å². The molecule has 7 nitrogen and oxygen atoms in total. The Bertz CT molecular complexity index is 970. The van der Waals surface area contributed by atoms with Gasteiger partial charge in [-0.05, 0) is 50.6 Å². The Morgan fingerprint density at radius 3 is 2.75 bits per heavy atom. The van der Waals surface area contributed by atoms with Crippen LogP contribution in [-0.2, 0) is 6.54 Å². The van der Waals surface area contributed by atoms with Gasteiger partial charge >= 0.3 is 0 Å². The van der Waals surface area contributed by atoms with Gasteiger partial charge in [0, 0.05) is 43.7 Å². The third-order valence-electron chi connectivity index (χ3n) is 5.36. The quantitative estimate of drug-likeness (QED) is 0.690. The van der Waals surface area contributed by atoms with Crippen molar-refractivity contribution in [3.63, 3.8) is 0 Å². The van der Waals surface area contributed by atoms with E-state index in [-0.39, 0.29) is 0 Å². The highest BCUT2D eigenvalue weighted by atomic mass is 32.1. The summed E-state index contributed by atoms with van der Waals surface area (Å²) in [6.07, 6.45) is 3.82. The third-order valence-corrected chi connectivity index (χ3v) is 6.30. The molecule has 148 valence electrons. The molecule has 1 amide bonds. The first kappa shape index (κ1) is 18.9. The molecule has 1 saturated heterocycles. The van der Waals surface area contributed by atoms with E-state index in [0.717, 1.165) is 50.4 Å². The van der Waals surface area contributed by atoms with Crippen LogP contribution >= 0.6 is 11.5 Å². The molecule has 8 heteroatoms. The molecule has 1 aliphatic heterocycles. The Labute approximate surface area is 168 Å². The van der Waals surface area contributed by atoms with E-state index >= 15 is 0 Å². The summed E-state index contributed by atoms with van der Waals surface area (Å²) in [6.45, 7) is 3.63. The SMILES string of the molecule is CN(C)CCn1cc(C(N)=O)nc1C1CCN(c2snc3ccccc23)CC1. The molecule has 0 spiro atoms. The standard InChI is InChI=1S/C20H26N6OS/c1-24(2)11-12-26-13-17(18(21)27)22-19(26)14-7-9-25(10-8-14)20-15-5-3-4-6-16(15)23-28-20/h3-6,13-14H,7-12H2,1-2H3,(H2,21,27). The number of carbonyl (C=O) groups is 1. The van der Waals surface area contributed by atoms with Crippen LogP contribution in [0.4, 0.5) is 5.00 Å². The smallest absolute Gasteiger partial charge is 0.268 e. The molecule has 0 unspecified atom stereocenters. The van der Waals surface area contributed by atoms with Gasteiger partial charge in [-0.15, -0.1) is 0 Å². The van der Waals surface area contributed by atoms with Crippen LogP contribution in [0.3, 0.4) is 0 Å². The largest absolute Gasteiger partial charge is 0.364 e. The van der Waals surface area contributed by atoms with Crippen LogP contribution in [0.1, 0.15) is 35.1 Å². The molecule has 3 aromatic rings. The molecule has 0 saturated carbocycles. The molecule has 0 atom stereocenters. The van der Waals surface area contributed by atoms with Gasteiger partial charge in [-0.3, -0.25) is 4.79 Å². The minimum atomic E-state index is -0.460. The monoisotopic (exact) mass is 398 g/mol. The lowest BCUT2D eigenvalue weighted by molar-refractivity contribution is 0.0995. The van der Waals surface area contributed by atoms with Crippen LogP contribution in [0.5, 0.6) is 0 Å². The topological polar surface area (TPSA) is 80.3 Å². The minimum absolute atomic E-state index is 0.339. The van der Waals surface area contributed by atoms with Gasteiger partial charge in [0.1, 0.15) is 16.5 Å². The number of nitrogens with two attached hydrogens (primary N) is 1. The number of carbonyl (C=O) groups excluding carboxylic acids is 1. The predicted molar refractivity (Wildman–Crippen MR) is 113 cm³/mol. The second kappa shape index (κ2) is 7.89. The van der Waals surface area contributed by atoms with Gasteiger partial charge in [0.2, 0.25) is 0 Å². The summed E-state index contributed by atoms with van der Waals surface area (Å²) in [4.78, 5) is 20.8. The maximum atomic E-state index is 11.6. The van der Waals surface area contributed by atoms with Crippen molar-refractivity contribution in [1.82, 2.24) is 18.8 Å². The van der Waals surface area contributed by atoms with Crippen LogP contribution < -0.4 is 10.6 Å². The number of likely N-dealkylation sites (N-methyl/N-ethyl adjacent to an activating group) is 1. The Morgan fingerprint density at radius 1 is 1.29 bits per heavy atom. The van der Waals surface area contributed by atoms with Gasteiger partial charge in [-0.25, -0.2) is 4.98 Å². The molecule has 1 aromatic carbocycles. The number of rotatable bonds is 6. The summed E-state index contributed by atoms with van der Waals surface area (Å²) in [6, 6.07) is 8.31. The van der Waals surface area contributed by atoms with E-state index in [1.54, 1.807) is 11.5 Å². The van der Waals surface area contributed by atoms with Gasteiger partial charge in [-0.2, -0.15) is 4.37 Å². The first-order valence-electron chi connectivity index (χ1n) is 9.64. The van der Waals surface area contributed by atoms with Crippen molar-refractivity contribution < 1.29 is 4.79 Å². The fourth-order valence-electron chi connectivity index (χ4n) is 3.81. The maximum absolute atomic E-state index is 11.6. The predicted octanol–water partition coefficient (Wildman–Crippen LogP) is 2.54. The zero-order valence-corrected chi connectivity index (χ0v) is 17.2. The van der Waals surface area contributed by atoms with E-state index in [1.165, 1.54) is 10.4 Å². The van der Waals surface area contributed by atoms with Crippen molar-refractivity contribution in [2.45, 2.75) is 25.3 Å². The lowest BCUT2D eigenvalue weighted by atomic mass is 9.96. The fraction of sp³-hybridized carbons (Fsp3) is 0.450. The number of amides is 1. The number of hydrogen-bond acceptors (Lipinski definition) is 6. The van der Waals surface area contributed by atoms with Crippen LogP contribution in [0.15, 0.2) is 30.5 Å². The molecular weight excluding hydrogens is 372 g/mol. The number of imidazole rings is 1. The zero-order valence-electron chi connectivity index (χ0n) is 16.3. The van der Waals surface area contributed by atoms with Crippen molar-refractivity contribution in [2.24, 2.45) is 5.73 Å². The molecule has 2 aromatic heterocycles. The van der Waals surface area contributed by atoms with Gasteiger partial charge in [0.05, 0.1) is 5.52 Å². The highest BCUT2D eigenvalue weighted by Crippen LogP contribution is 2.36. The molecule has 0 aliphatic carbocycles. The zero-order chi connectivity index (χ0) is 19.7. The summed E-state index contributed by atoms with van der Waals surface area (Å²) in [5, 5.41) is 2.48. The summed E-state index contributed by atoms with van der Waals surface area (Å²) in [7, 11) is 4.09. The molecule has 3 heterocycles. The first-order chi connectivity index (χ1) is 13.5. The molecule has 0 radical (unpaired) electrons. The summed E-state index contributed by atoms with van der Waals surface area (Å²) >= 11 is 1.58. The van der Waals surface area contributed by atoms with Crippen molar-refractivity contribution in [3.8, 4) is 0 Å². The van der Waals surface area contributed by atoms with Gasteiger partial charge in [0.25, 0.3) is 5.91 Å². The second-order valence-electron chi connectivity index (χ2n) is 7.61. The fourth-order valence-corrected chi connectivity index (χ4v) is 4.72. The first-order valence-corrected chi connectivity index (χ1v) is 10.4. The second-order valence-corrected chi connectivity index (χ2v) is 8.36. The molecule has 1 fully saturated rings. The van der Waals surface area contributed by atoms with Crippen molar-refractivity contribution in [1.29, 1.82) is 0 Å². The van der Waals surface area contributed by atoms with E-state index in [1.807, 2.05) is 26.4 Å². The number of fused-ring (bicyclic) bond motifs is 1. The van der Waals surface area contributed by atoms with Crippen LogP contribution in [0, 0.1) is 0 Å². The van der Waals surface area contributed by atoms with Crippen molar-refractivity contribution in [3.05, 3.63) is 42.0 Å². The van der Waals surface area contributed by atoms with Gasteiger partial charge in [0.15, 0.2) is 0 Å². The summed E-state index contributed by atoms with van der Waals surface area (Å²) < 4.78 is 6.69. The Balaban J connectivity index is 1.51. The molecule has 28 heavy (non-hydrogen) atoms. The summed E-state index contributed by atoms with van der Waals surface area (Å²) in [5.41, 5.74) is 6.91. The summed E-state index contributed by atoms with van der Waals surface area (Å²) in [5.74, 6) is 0.869. The highest BCUT2D eigenvalue weighted by Gasteiger charge is 2.27. The third kappa shape index (κ3) is 3.74. The number of primary amides is 1. The number of piperidine rings is 1.